The fourth-order valence-corrected chi connectivity index (χ4v) is 2.40. The number of nitrogens with one attached hydrogen (secondary N) is 2. The molecule has 1 atom stereocenters. The van der Waals surface area contributed by atoms with Crippen molar-refractivity contribution in [3.63, 3.8) is 0 Å². The van der Waals surface area contributed by atoms with Gasteiger partial charge < -0.3 is 20.1 Å². The molecule has 0 spiro atoms. The Labute approximate surface area is 134 Å². The molecule has 3 N–H and O–H groups in total. The third-order valence-electron chi connectivity index (χ3n) is 3.42. The number of carbonyl (C=O) groups is 2. The number of esters is 1. The highest BCUT2D eigenvalue weighted by Crippen LogP contribution is 2.19. The highest BCUT2D eigenvalue weighted by atomic mass is 16.5. The first kappa shape index (κ1) is 16.6. The lowest BCUT2D eigenvalue weighted by Crippen LogP contribution is -2.37. The summed E-state index contributed by atoms with van der Waals surface area (Å²) in [5.74, 6) is -1.47. The van der Waals surface area contributed by atoms with Crippen molar-refractivity contribution in [2.24, 2.45) is 0 Å². The van der Waals surface area contributed by atoms with Crippen LogP contribution in [0.2, 0.25) is 0 Å². The minimum Gasteiger partial charge on any atom is -0.480 e. The van der Waals surface area contributed by atoms with Gasteiger partial charge in [0.2, 0.25) is 0 Å². The quantitative estimate of drug-likeness (QED) is 0.538. The molecule has 0 fully saturated rings. The van der Waals surface area contributed by atoms with E-state index in [1.807, 2.05) is 30.5 Å². The molecule has 2 aromatic rings. The van der Waals surface area contributed by atoms with Gasteiger partial charge in [-0.15, -0.1) is 0 Å². The second-order valence-electron chi connectivity index (χ2n) is 5.18. The predicted octanol–water partition coefficient (Wildman–Crippen LogP) is 2.22. The molecule has 0 bridgehead atoms. The summed E-state index contributed by atoms with van der Waals surface area (Å²) in [5, 5.41) is 13.3. The van der Waals surface area contributed by atoms with Crippen molar-refractivity contribution in [1.29, 1.82) is 0 Å². The van der Waals surface area contributed by atoms with E-state index in [4.69, 9.17) is 4.74 Å². The number of H-pyrrole nitrogens is 1. The SMILES string of the molecule is CCOC(=O)/C=C(\C)N[C@@H](Cc1c[nH]c2ccccc12)C(=O)O. The summed E-state index contributed by atoms with van der Waals surface area (Å²) < 4.78 is 4.81. The Bertz CT molecular complexity index is 733. The third-order valence-corrected chi connectivity index (χ3v) is 3.42. The van der Waals surface area contributed by atoms with Gasteiger partial charge in [0.15, 0.2) is 0 Å². The maximum atomic E-state index is 11.5. The predicted molar refractivity (Wildman–Crippen MR) is 87.0 cm³/mol. The Kier molecular flexibility index (Phi) is 5.41. The van der Waals surface area contributed by atoms with Gasteiger partial charge in [0.05, 0.1) is 6.61 Å². The second-order valence-corrected chi connectivity index (χ2v) is 5.18. The zero-order chi connectivity index (χ0) is 16.8. The minimum absolute atomic E-state index is 0.278. The minimum atomic E-state index is -0.980. The lowest BCUT2D eigenvalue weighted by Gasteiger charge is -2.15. The van der Waals surface area contributed by atoms with Gasteiger partial charge in [-0.3, -0.25) is 0 Å². The van der Waals surface area contributed by atoms with Crippen LogP contribution in [0.1, 0.15) is 19.4 Å². The van der Waals surface area contributed by atoms with Gasteiger partial charge in [0.25, 0.3) is 0 Å². The maximum absolute atomic E-state index is 11.5. The summed E-state index contributed by atoms with van der Waals surface area (Å²) in [4.78, 5) is 26.0. The molecule has 23 heavy (non-hydrogen) atoms. The summed E-state index contributed by atoms with van der Waals surface area (Å²) in [6.07, 6.45) is 3.37. The summed E-state index contributed by atoms with van der Waals surface area (Å²) >= 11 is 0. The first-order chi connectivity index (χ1) is 11.0. The molecule has 0 unspecified atom stereocenters. The molecule has 0 amide bonds. The number of para-hydroxylation sites is 1. The van der Waals surface area contributed by atoms with Crippen LogP contribution in [0.5, 0.6) is 0 Å². The van der Waals surface area contributed by atoms with Crippen LogP contribution in [0.4, 0.5) is 0 Å². The Balaban J connectivity index is 2.13. The average molecular weight is 316 g/mol. The number of carboxylic acid groups (broad SMARTS) is 1. The van der Waals surface area contributed by atoms with Crippen LogP contribution in [-0.4, -0.2) is 34.7 Å². The Morgan fingerprint density at radius 1 is 1.39 bits per heavy atom. The molecule has 0 aliphatic rings. The molecular formula is C17H20N2O4. The van der Waals surface area contributed by atoms with Crippen LogP contribution in [0, 0.1) is 0 Å². The van der Waals surface area contributed by atoms with Gasteiger partial charge >= 0.3 is 11.9 Å². The number of hydrogen-bond acceptors (Lipinski definition) is 4. The molecule has 0 saturated heterocycles. The third kappa shape index (κ3) is 4.35. The van der Waals surface area contributed by atoms with Crippen LogP contribution in [0.25, 0.3) is 10.9 Å². The first-order valence-corrected chi connectivity index (χ1v) is 7.40. The van der Waals surface area contributed by atoms with Gasteiger partial charge in [-0.1, -0.05) is 18.2 Å². The number of benzene rings is 1. The molecule has 0 aliphatic carbocycles. The van der Waals surface area contributed by atoms with E-state index < -0.39 is 18.0 Å². The monoisotopic (exact) mass is 316 g/mol. The number of allylic oxidation sites excluding steroid dienone is 1. The molecule has 0 saturated carbocycles. The average Bonchev–Trinajstić information content (AvgIpc) is 2.90. The number of ether oxygens (including phenoxy) is 1. The molecule has 6 nitrogen and oxygen atoms in total. The van der Waals surface area contributed by atoms with E-state index in [1.165, 1.54) is 6.08 Å². The summed E-state index contributed by atoms with van der Waals surface area (Å²) in [5.41, 5.74) is 2.32. The number of carboxylic acids is 1. The van der Waals surface area contributed by atoms with E-state index in [1.54, 1.807) is 13.8 Å². The highest BCUT2D eigenvalue weighted by molar-refractivity contribution is 5.85. The van der Waals surface area contributed by atoms with E-state index in [2.05, 4.69) is 10.3 Å². The van der Waals surface area contributed by atoms with Crippen molar-refractivity contribution >= 4 is 22.8 Å². The largest absolute Gasteiger partial charge is 0.480 e. The topological polar surface area (TPSA) is 91.4 Å². The number of aromatic nitrogens is 1. The van der Waals surface area contributed by atoms with Crippen molar-refractivity contribution in [2.75, 3.05) is 6.61 Å². The summed E-state index contributed by atoms with van der Waals surface area (Å²) in [6.45, 7) is 3.63. The highest BCUT2D eigenvalue weighted by Gasteiger charge is 2.19. The number of rotatable bonds is 7. The van der Waals surface area contributed by atoms with E-state index in [0.29, 0.717) is 12.1 Å². The van der Waals surface area contributed by atoms with E-state index >= 15 is 0 Å². The second kappa shape index (κ2) is 7.49. The van der Waals surface area contributed by atoms with Crippen molar-refractivity contribution < 1.29 is 19.4 Å². The van der Waals surface area contributed by atoms with Crippen LogP contribution in [0.3, 0.4) is 0 Å². The van der Waals surface area contributed by atoms with Crippen LogP contribution in [-0.2, 0) is 20.7 Å². The van der Waals surface area contributed by atoms with Crippen LogP contribution < -0.4 is 5.32 Å². The maximum Gasteiger partial charge on any atom is 0.332 e. The smallest absolute Gasteiger partial charge is 0.332 e. The molecule has 0 aliphatic heterocycles. The fraction of sp³-hybridized carbons (Fsp3) is 0.294. The van der Waals surface area contributed by atoms with Crippen molar-refractivity contribution in [1.82, 2.24) is 10.3 Å². The molecule has 0 radical (unpaired) electrons. The zero-order valence-corrected chi connectivity index (χ0v) is 13.1. The normalized spacial score (nSPS) is 12.9. The van der Waals surface area contributed by atoms with Crippen molar-refractivity contribution in [3.8, 4) is 0 Å². The molecule has 122 valence electrons. The molecule has 1 aromatic carbocycles. The lowest BCUT2D eigenvalue weighted by atomic mass is 10.0. The van der Waals surface area contributed by atoms with E-state index in [-0.39, 0.29) is 6.61 Å². The first-order valence-electron chi connectivity index (χ1n) is 7.40. The standard InChI is InChI=1S/C17H20N2O4/c1-3-23-16(20)8-11(2)19-15(17(21)22)9-12-10-18-14-7-5-4-6-13(12)14/h4-8,10,15,18-19H,3,9H2,1-2H3,(H,21,22)/b11-8+/t15-/m0/s1. The van der Waals surface area contributed by atoms with Crippen molar-refractivity contribution in [2.45, 2.75) is 26.3 Å². The summed E-state index contributed by atoms with van der Waals surface area (Å²) in [6, 6.07) is 6.88. The number of aromatic amines is 1. The number of aliphatic carboxylic acids is 1. The molecule has 6 heteroatoms. The van der Waals surface area contributed by atoms with Gasteiger partial charge in [-0.05, 0) is 25.5 Å². The molecular weight excluding hydrogens is 296 g/mol. The number of hydrogen-bond donors (Lipinski definition) is 3. The fourth-order valence-electron chi connectivity index (χ4n) is 2.40. The van der Waals surface area contributed by atoms with Crippen LogP contribution in [0.15, 0.2) is 42.2 Å². The summed E-state index contributed by atoms with van der Waals surface area (Å²) in [7, 11) is 0. The molecule has 1 aromatic heterocycles. The van der Waals surface area contributed by atoms with Gasteiger partial charge in [0.1, 0.15) is 6.04 Å². The van der Waals surface area contributed by atoms with E-state index in [0.717, 1.165) is 16.5 Å². The lowest BCUT2D eigenvalue weighted by molar-refractivity contribution is -0.140. The zero-order valence-electron chi connectivity index (χ0n) is 13.1. The van der Waals surface area contributed by atoms with Crippen molar-refractivity contribution in [3.05, 3.63) is 47.8 Å². The number of carbonyl (C=O) groups excluding carboxylic acids is 1. The van der Waals surface area contributed by atoms with E-state index in [9.17, 15) is 14.7 Å². The Hall–Kier alpha value is -2.76. The van der Waals surface area contributed by atoms with Gasteiger partial charge in [-0.25, -0.2) is 9.59 Å². The Morgan fingerprint density at radius 3 is 2.83 bits per heavy atom. The molecule has 2 rings (SSSR count). The van der Waals surface area contributed by atoms with Gasteiger partial charge in [-0.2, -0.15) is 0 Å². The number of fused-ring (bicyclic) bond motifs is 1. The van der Waals surface area contributed by atoms with Crippen LogP contribution >= 0.6 is 0 Å². The molecule has 1 heterocycles. The Morgan fingerprint density at radius 2 is 2.13 bits per heavy atom. The van der Waals surface area contributed by atoms with Gasteiger partial charge in [0, 0.05) is 35.3 Å².